The lowest BCUT2D eigenvalue weighted by molar-refractivity contribution is 0.550. The Kier molecular flexibility index (Phi) is 7.14. The highest BCUT2D eigenvalue weighted by Crippen LogP contribution is 2.44. The molecule has 3 heterocycles. The van der Waals surface area contributed by atoms with Gasteiger partial charge in [0.25, 0.3) is 0 Å². The topological polar surface area (TPSA) is 52.1 Å². The van der Waals surface area contributed by atoms with Crippen LogP contribution >= 0.6 is 0 Å². The van der Waals surface area contributed by atoms with E-state index in [9.17, 15) is 0 Å². The summed E-state index contributed by atoms with van der Waals surface area (Å²) in [5.41, 5.74) is 12.9. The highest BCUT2D eigenvalue weighted by molar-refractivity contribution is 6.09. The molecule has 4 nitrogen and oxygen atoms in total. The molecule has 0 N–H and O–H groups in total. The van der Waals surface area contributed by atoms with E-state index in [1.165, 1.54) is 22.1 Å². The van der Waals surface area contributed by atoms with Crippen molar-refractivity contribution in [2.24, 2.45) is 0 Å². The number of rotatable bonds is 3. The smallest absolute Gasteiger partial charge is 0.180 e. The predicted octanol–water partition coefficient (Wildman–Crippen LogP) is 13.2. The van der Waals surface area contributed by atoms with Gasteiger partial charge in [0.15, 0.2) is 11.4 Å². The second-order valence-corrected chi connectivity index (χ2v) is 16.8. The van der Waals surface area contributed by atoms with Crippen LogP contribution in [0.15, 0.2) is 112 Å². The fraction of sp³-hybridized carbons (Fsp3) is 0.261. The van der Waals surface area contributed by atoms with Crippen molar-refractivity contribution in [2.75, 3.05) is 0 Å². The normalized spacial score (nSPS) is 12.9. The predicted molar refractivity (Wildman–Crippen MR) is 209 cm³/mol. The van der Waals surface area contributed by atoms with Gasteiger partial charge in [-0.15, -0.1) is 0 Å². The highest BCUT2D eigenvalue weighted by Gasteiger charge is 2.28. The van der Waals surface area contributed by atoms with Crippen molar-refractivity contribution in [1.82, 2.24) is 9.97 Å². The molecule has 0 saturated carbocycles. The molecule has 0 radical (unpaired) electrons. The lowest BCUT2D eigenvalue weighted by Crippen LogP contribution is -2.16. The molecule has 0 amide bonds. The minimum Gasteiger partial charge on any atom is -0.455 e. The first-order chi connectivity index (χ1) is 23.7. The maximum atomic E-state index is 6.89. The summed E-state index contributed by atoms with van der Waals surface area (Å²) in [6.07, 6.45) is 0. The van der Waals surface area contributed by atoms with Crippen LogP contribution in [-0.2, 0) is 16.2 Å². The zero-order valence-electron chi connectivity index (χ0n) is 30.5. The zero-order valence-corrected chi connectivity index (χ0v) is 30.5. The lowest BCUT2D eigenvalue weighted by atomic mass is 9.79. The summed E-state index contributed by atoms with van der Waals surface area (Å²) in [7, 11) is 0. The average Bonchev–Trinajstić information content (AvgIpc) is 3.64. The molecule has 0 aliphatic heterocycles. The van der Waals surface area contributed by atoms with Gasteiger partial charge in [-0.05, 0) is 63.3 Å². The van der Waals surface area contributed by atoms with Crippen molar-refractivity contribution in [1.29, 1.82) is 0 Å². The minimum atomic E-state index is -0.124. The number of aromatic nitrogens is 2. The third-order valence-electron chi connectivity index (χ3n) is 9.90. The van der Waals surface area contributed by atoms with Crippen LogP contribution in [0.5, 0.6) is 0 Å². The summed E-state index contributed by atoms with van der Waals surface area (Å²) in [6, 6.07) is 36.3. The summed E-state index contributed by atoms with van der Waals surface area (Å²) in [6.45, 7) is 20.5. The molecule has 250 valence electrons. The molecule has 0 atom stereocenters. The van der Waals surface area contributed by atoms with Crippen molar-refractivity contribution < 1.29 is 8.83 Å². The van der Waals surface area contributed by atoms with Crippen molar-refractivity contribution in [3.8, 4) is 33.8 Å². The van der Waals surface area contributed by atoms with Gasteiger partial charge in [0, 0.05) is 38.4 Å². The minimum absolute atomic E-state index is 0.00624. The van der Waals surface area contributed by atoms with Crippen molar-refractivity contribution in [3.05, 3.63) is 120 Å². The van der Waals surface area contributed by atoms with Crippen LogP contribution in [0.25, 0.3) is 77.8 Å². The summed E-state index contributed by atoms with van der Waals surface area (Å²) in [4.78, 5) is 10.2. The van der Waals surface area contributed by atoms with Gasteiger partial charge in [-0.2, -0.15) is 0 Å². The number of furan rings is 2. The number of fused-ring (bicyclic) bond motifs is 6. The molecular formula is C46H44N2O2. The molecule has 8 rings (SSSR count). The van der Waals surface area contributed by atoms with Gasteiger partial charge in [0.05, 0.1) is 0 Å². The van der Waals surface area contributed by atoms with E-state index >= 15 is 0 Å². The SMILES string of the molecule is CC(C)(C)c1cc(C(C)(C)C)c2oc3c(C(C)(C)C)cc(-c4ccc(-c5nc(-c6ccccc6)c6oc7ccccc7c6n5)cc4)cc3c2c1. The Labute approximate surface area is 294 Å². The van der Waals surface area contributed by atoms with E-state index in [1.54, 1.807) is 0 Å². The van der Waals surface area contributed by atoms with Crippen LogP contribution in [0, 0.1) is 0 Å². The average molecular weight is 657 g/mol. The van der Waals surface area contributed by atoms with Crippen LogP contribution in [0.4, 0.5) is 0 Å². The molecule has 0 saturated heterocycles. The monoisotopic (exact) mass is 656 g/mol. The van der Waals surface area contributed by atoms with Crippen LogP contribution in [-0.4, -0.2) is 9.97 Å². The van der Waals surface area contributed by atoms with Crippen LogP contribution in [0.3, 0.4) is 0 Å². The van der Waals surface area contributed by atoms with E-state index in [1.807, 2.05) is 36.4 Å². The molecule has 0 spiro atoms. The number of nitrogens with zero attached hydrogens (tertiary/aromatic N) is 2. The Bertz CT molecular complexity index is 2570. The Balaban J connectivity index is 1.30. The van der Waals surface area contributed by atoms with Crippen molar-refractivity contribution >= 4 is 44.0 Å². The largest absolute Gasteiger partial charge is 0.455 e. The number of benzene rings is 5. The zero-order chi connectivity index (χ0) is 35.2. The first kappa shape index (κ1) is 32.0. The standard InChI is InChI=1S/C46H44N2O2/c1-44(2,3)31-25-34-33-23-30(24-35(45(4,5)6)40(33)50-41(34)36(26-31)46(7,8)9)27-19-21-29(22-20-27)43-47-38(28-15-11-10-12-16-28)42-39(48-43)32-17-13-14-18-37(32)49-42/h10-26H,1-9H3. The molecule has 0 bridgehead atoms. The van der Waals surface area contributed by atoms with Gasteiger partial charge in [0.2, 0.25) is 0 Å². The van der Waals surface area contributed by atoms with E-state index in [-0.39, 0.29) is 16.2 Å². The van der Waals surface area contributed by atoms with Crippen molar-refractivity contribution in [2.45, 2.75) is 78.6 Å². The van der Waals surface area contributed by atoms with Crippen LogP contribution < -0.4 is 0 Å². The van der Waals surface area contributed by atoms with Gasteiger partial charge >= 0.3 is 0 Å². The van der Waals surface area contributed by atoms with Gasteiger partial charge in [0.1, 0.15) is 28.0 Å². The van der Waals surface area contributed by atoms with E-state index in [0.717, 1.165) is 61.0 Å². The Morgan fingerprint density at radius 3 is 1.70 bits per heavy atom. The van der Waals surface area contributed by atoms with Crippen LogP contribution in [0.2, 0.25) is 0 Å². The molecule has 50 heavy (non-hydrogen) atoms. The first-order valence-corrected chi connectivity index (χ1v) is 17.6. The molecule has 0 aliphatic carbocycles. The molecule has 4 heteroatoms. The van der Waals surface area contributed by atoms with Gasteiger partial charge in [-0.3, -0.25) is 0 Å². The maximum Gasteiger partial charge on any atom is 0.180 e. The molecule has 3 aromatic heterocycles. The number of para-hydroxylation sites is 1. The molecule has 5 aromatic carbocycles. The fourth-order valence-corrected chi connectivity index (χ4v) is 7.02. The molecule has 0 fully saturated rings. The molecular weight excluding hydrogens is 613 g/mol. The van der Waals surface area contributed by atoms with E-state index in [2.05, 4.69) is 129 Å². The molecule has 0 unspecified atom stereocenters. The van der Waals surface area contributed by atoms with Gasteiger partial charge in [-0.25, -0.2) is 9.97 Å². The second kappa shape index (κ2) is 11.1. The lowest BCUT2D eigenvalue weighted by Gasteiger charge is -2.25. The summed E-state index contributed by atoms with van der Waals surface area (Å²) >= 11 is 0. The summed E-state index contributed by atoms with van der Waals surface area (Å²) in [5.74, 6) is 0.672. The van der Waals surface area contributed by atoms with Gasteiger partial charge in [-0.1, -0.05) is 135 Å². The Morgan fingerprint density at radius 1 is 0.440 bits per heavy atom. The van der Waals surface area contributed by atoms with Crippen molar-refractivity contribution in [3.63, 3.8) is 0 Å². The number of hydrogen-bond acceptors (Lipinski definition) is 4. The van der Waals surface area contributed by atoms with E-state index in [0.29, 0.717) is 11.4 Å². The number of hydrogen-bond donors (Lipinski definition) is 0. The Hall–Kier alpha value is -5.22. The first-order valence-electron chi connectivity index (χ1n) is 17.6. The third kappa shape index (κ3) is 5.38. The maximum absolute atomic E-state index is 6.89. The van der Waals surface area contributed by atoms with E-state index < -0.39 is 0 Å². The Morgan fingerprint density at radius 2 is 1.04 bits per heavy atom. The summed E-state index contributed by atoms with van der Waals surface area (Å²) in [5, 5.41) is 3.33. The molecule has 0 aliphatic rings. The van der Waals surface area contributed by atoms with E-state index in [4.69, 9.17) is 18.8 Å². The van der Waals surface area contributed by atoms with Crippen LogP contribution in [0.1, 0.15) is 79.0 Å². The second-order valence-electron chi connectivity index (χ2n) is 16.8. The quantitative estimate of drug-likeness (QED) is 0.190. The summed E-state index contributed by atoms with van der Waals surface area (Å²) < 4.78 is 13.2. The molecule has 8 aromatic rings. The highest BCUT2D eigenvalue weighted by atomic mass is 16.3. The fourth-order valence-electron chi connectivity index (χ4n) is 7.02. The van der Waals surface area contributed by atoms with Gasteiger partial charge < -0.3 is 8.83 Å². The third-order valence-corrected chi connectivity index (χ3v) is 9.90.